The summed E-state index contributed by atoms with van der Waals surface area (Å²) in [6, 6.07) is 7.32. The van der Waals surface area contributed by atoms with Crippen LogP contribution in [0.15, 0.2) is 36.4 Å². The Labute approximate surface area is 146 Å². The van der Waals surface area contributed by atoms with E-state index in [2.05, 4.69) is 19.1 Å². The molecule has 0 aromatic heterocycles. The van der Waals surface area contributed by atoms with Crippen molar-refractivity contribution in [1.29, 1.82) is 0 Å². The maximum atomic E-state index is 13.2. The molecule has 0 radical (unpaired) electrons. The second-order valence-electron chi connectivity index (χ2n) is 8.59. The number of rotatable bonds is 2. The van der Waals surface area contributed by atoms with Crippen LogP contribution in [0.3, 0.4) is 0 Å². The fourth-order valence-electron chi connectivity index (χ4n) is 6.32. The van der Waals surface area contributed by atoms with E-state index < -0.39 is 0 Å². The van der Waals surface area contributed by atoms with Crippen LogP contribution in [0.25, 0.3) is 0 Å². The zero-order valence-corrected chi connectivity index (χ0v) is 15.0. The van der Waals surface area contributed by atoms with E-state index in [4.69, 9.17) is 0 Å². The van der Waals surface area contributed by atoms with Crippen molar-refractivity contribution in [2.75, 3.05) is 0 Å². The zero-order valence-electron chi connectivity index (χ0n) is 15.0. The topological polar surface area (TPSA) is 0 Å². The Kier molecular flexibility index (Phi) is 4.79. The Morgan fingerprint density at radius 2 is 1.50 bits per heavy atom. The second-order valence-corrected chi connectivity index (χ2v) is 8.59. The minimum atomic E-state index is -0.106. The van der Waals surface area contributed by atoms with Gasteiger partial charge in [0.05, 0.1) is 0 Å². The average molecular weight is 326 g/mol. The summed E-state index contributed by atoms with van der Waals surface area (Å²) in [6.07, 6.45) is 16.0. The van der Waals surface area contributed by atoms with E-state index in [-0.39, 0.29) is 5.82 Å². The average Bonchev–Trinajstić information content (AvgIpc) is 2.62. The van der Waals surface area contributed by atoms with Gasteiger partial charge in [0.15, 0.2) is 0 Å². The van der Waals surface area contributed by atoms with E-state index in [0.29, 0.717) is 5.92 Å². The number of hydrogen-bond donors (Lipinski definition) is 0. The first-order chi connectivity index (χ1) is 11.7. The molecular weight excluding hydrogens is 295 g/mol. The Morgan fingerprint density at radius 3 is 2.21 bits per heavy atom. The maximum absolute atomic E-state index is 13.2. The van der Waals surface area contributed by atoms with Gasteiger partial charge in [-0.1, -0.05) is 24.3 Å². The van der Waals surface area contributed by atoms with Crippen LogP contribution in [0.1, 0.15) is 69.8 Å². The van der Waals surface area contributed by atoms with E-state index in [1.54, 1.807) is 12.1 Å². The van der Waals surface area contributed by atoms with Crippen molar-refractivity contribution in [1.82, 2.24) is 0 Å². The van der Waals surface area contributed by atoms with Crippen LogP contribution < -0.4 is 0 Å². The SMILES string of the molecule is CC=C[C@@H]1CC[C@H]2[C@H](CC[C@H]3C[C@H](c4ccc(F)cc4)CC[C@@H]32)C1. The van der Waals surface area contributed by atoms with Gasteiger partial charge in [-0.05, 0) is 111 Å². The molecule has 0 amide bonds. The van der Waals surface area contributed by atoms with E-state index in [1.807, 2.05) is 12.1 Å². The Morgan fingerprint density at radius 1 is 0.833 bits per heavy atom. The van der Waals surface area contributed by atoms with Crippen molar-refractivity contribution in [2.45, 2.75) is 64.2 Å². The first-order valence-electron chi connectivity index (χ1n) is 10.1. The lowest BCUT2D eigenvalue weighted by Crippen LogP contribution is -2.41. The van der Waals surface area contributed by atoms with Crippen LogP contribution >= 0.6 is 0 Å². The number of hydrogen-bond acceptors (Lipinski definition) is 0. The molecule has 3 saturated carbocycles. The summed E-state index contributed by atoms with van der Waals surface area (Å²) in [7, 11) is 0. The lowest BCUT2D eigenvalue weighted by Gasteiger charge is -2.50. The molecule has 0 saturated heterocycles. The molecule has 0 bridgehead atoms. The van der Waals surface area contributed by atoms with Gasteiger partial charge >= 0.3 is 0 Å². The van der Waals surface area contributed by atoms with Crippen molar-refractivity contribution in [3.63, 3.8) is 0 Å². The van der Waals surface area contributed by atoms with Crippen molar-refractivity contribution in [2.24, 2.45) is 29.6 Å². The van der Waals surface area contributed by atoms with Gasteiger partial charge in [0.25, 0.3) is 0 Å². The second kappa shape index (κ2) is 7.02. The van der Waals surface area contributed by atoms with Gasteiger partial charge < -0.3 is 0 Å². The highest BCUT2D eigenvalue weighted by Crippen LogP contribution is 2.54. The molecule has 3 aliphatic carbocycles. The summed E-state index contributed by atoms with van der Waals surface area (Å²) in [5, 5.41) is 0. The van der Waals surface area contributed by atoms with E-state index >= 15 is 0 Å². The lowest BCUT2D eigenvalue weighted by molar-refractivity contribution is 0.0127. The smallest absolute Gasteiger partial charge is 0.123 e. The van der Waals surface area contributed by atoms with Gasteiger partial charge in [0, 0.05) is 0 Å². The normalized spacial score (nSPS) is 39.4. The largest absolute Gasteiger partial charge is 0.207 e. The van der Waals surface area contributed by atoms with Gasteiger partial charge in [0.1, 0.15) is 5.82 Å². The molecule has 6 atom stereocenters. The lowest BCUT2D eigenvalue weighted by atomic mass is 9.55. The molecule has 1 heteroatoms. The molecule has 3 aliphatic rings. The highest BCUT2D eigenvalue weighted by molar-refractivity contribution is 5.21. The molecule has 1 aromatic rings. The Balaban J connectivity index is 1.42. The fourth-order valence-corrected chi connectivity index (χ4v) is 6.32. The van der Waals surface area contributed by atoms with Gasteiger partial charge in [-0.25, -0.2) is 4.39 Å². The van der Waals surface area contributed by atoms with E-state index in [9.17, 15) is 4.39 Å². The molecule has 0 heterocycles. The van der Waals surface area contributed by atoms with Crippen molar-refractivity contribution in [3.05, 3.63) is 47.8 Å². The summed E-state index contributed by atoms with van der Waals surface area (Å²) >= 11 is 0. The summed E-state index contributed by atoms with van der Waals surface area (Å²) in [5.74, 6) is 5.31. The quantitative estimate of drug-likeness (QED) is 0.529. The standard InChI is InChI=1S/C23H31F/c1-2-3-16-4-12-22-19(14-16)5-6-20-15-18(9-13-23(20)22)17-7-10-21(24)11-8-17/h2-3,7-8,10-11,16,18-20,22-23H,4-6,9,12-15H2,1H3/t16-,18-,19-,20+,22+,23+/m1/s1. The molecule has 4 rings (SSSR count). The van der Waals surface area contributed by atoms with Gasteiger partial charge in [-0.3, -0.25) is 0 Å². The third kappa shape index (κ3) is 3.19. The summed E-state index contributed by atoms with van der Waals surface area (Å²) in [6.45, 7) is 2.17. The van der Waals surface area contributed by atoms with Gasteiger partial charge in [-0.2, -0.15) is 0 Å². The Bertz CT molecular complexity index is 572. The van der Waals surface area contributed by atoms with Crippen LogP contribution in [0.2, 0.25) is 0 Å². The Hall–Kier alpha value is -1.11. The van der Waals surface area contributed by atoms with Crippen molar-refractivity contribution >= 4 is 0 Å². The number of allylic oxidation sites excluding steroid dienone is 2. The van der Waals surface area contributed by atoms with Gasteiger partial charge in [0.2, 0.25) is 0 Å². The molecule has 0 spiro atoms. The molecule has 24 heavy (non-hydrogen) atoms. The van der Waals surface area contributed by atoms with Crippen molar-refractivity contribution < 1.29 is 4.39 Å². The first kappa shape index (κ1) is 16.4. The molecule has 0 nitrogen and oxygen atoms in total. The third-order valence-electron chi connectivity index (χ3n) is 7.39. The van der Waals surface area contributed by atoms with Crippen LogP contribution in [0.4, 0.5) is 4.39 Å². The number of fused-ring (bicyclic) bond motifs is 3. The molecule has 130 valence electrons. The van der Waals surface area contributed by atoms with E-state index in [0.717, 1.165) is 29.6 Å². The monoisotopic (exact) mass is 326 g/mol. The molecule has 0 N–H and O–H groups in total. The minimum absolute atomic E-state index is 0.106. The minimum Gasteiger partial charge on any atom is -0.207 e. The van der Waals surface area contributed by atoms with Crippen LogP contribution in [-0.4, -0.2) is 0 Å². The fraction of sp³-hybridized carbons (Fsp3) is 0.652. The third-order valence-corrected chi connectivity index (χ3v) is 7.39. The molecule has 3 fully saturated rings. The van der Waals surface area contributed by atoms with Crippen LogP contribution in [0.5, 0.6) is 0 Å². The predicted octanol–water partition coefficient (Wildman–Crippen LogP) is 6.73. The molecular formula is C23H31F. The van der Waals surface area contributed by atoms with Crippen LogP contribution in [0, 0.1) is 35.4 Å². The van der Waals surface area contributed by atoms with E-state index in [1.165, 1.54) is 56.9 Å². The number of benzene rings is 1. The van der Waals surface area contributed by atoms with Crippen LogP contribution in [-0.2, 0) is 0 Å². The first-order valence-corrected chi connectivity index (χ1v) is 10.1. The van der Waals surface area contributed by atoms with Gasteiger partial charge in [-0.15, -0.1) is 0 Å². The summed E-state index contributed by atoms with van der Waals surface area (Å²) < 4.78 is 13.2. The maximum Gasteiger partial charge on any atom is 0.123 e. The highest BCUT2D eigenvalue weighted by atomic mass is 19.1. The molecule has 0 unspecified atom stereocenters. The predicted molar refractivity (Wildman–Crippen MR) is 98.3 cm³/mol. The molecule has 1 aromatic carbocycles. The highest BCUT2D eigenvalue weighted by Gasteiger charge is 2.44. The van der Waals surface area contributed by atoms with Crippen molar-refractivity contribution in [3.8, 4) is 0 Å². The molecule has 0 aliphatic heterocycles. The number of halogens is 1. The summed E-state index contributed by atoms with van der Waals surface area (Å²) in [5.41, 5.74) is 1.37. The summed E-state index contributed by atoms with van der Waals surface area (Å²) in [4.78, 5) is 0. The zero-order chi connectivity index (χ0) is 16.5.